The Balaban J connectivity index is 3.81. The molecule has 0 aliphatic carbocycles. The van der Waals surface area contributed by atoms with Crippen molar-refractivity contribution in [2.75, 3.05) is 18.1 Å². The summed E-state index contributed by atoms with van der Waals surface area (Å²) < 4.78 is 4.91. The molecule has 1 atom stereocenters. The summed E-state index contributed by atoms with van der Waals surface area (Å²) in [4.78, 5) is 32.7. The molecular formula is C11H19NO5S. The molecule has 0 saturated heterocycles. The lowest BCUT2D eigenvalue weighted by molar-refractivity contribution is -0.141. The van der Waals surface area contributed by atoms with E-state index in [0.29, 0.717) is 6.61 Å². The first kappa shape index (κ1) is 16.8. The van der Waals surface area contributed by atoms with Crippen molar-refractivity contribution in [1.29, 1.82) is 0 Å². The van der Waals surface area contributed by atoms with Crippen molar-refractivity contribution < 1.29 is 24.2 Å². The van der Waals surface area contributed by atoms with Crippen LogP contribution >= 0.6 is 11.8 Å². The molecule has 18 heavy (non-hydrogen) atoms. The zero-order valence-corrected chi connectivity index (χ0v) is 11.4. The Morgan fingerprint density at radius 3 is 2.56 bits per heavy atom. The van der Waals surface area contributed by atoms with Gasteiger partial charge in [-0.2, -0.15) is 0 Å². The van der Waals surface area contributed by atoms with Crippen LogP contribution in [0, 0.1) is 0 Å². The Hall–Kier alpha value is -1.24. The molecule has 0 aromatic heterocycles. The van der Waals surface area contributed by atoms with Gasteiger partial charge in [0.15, 0.2) is 0 Å². The van der Waals surface area contributed by atoms with Gasteiger partial charge in [0.05, 0.1) is 12.4 Å². The van der Waals surface area contributed by atoms with E-state index in [-0.39, 0.29) is 17.5 Å². The molecule has 0 aliphatic heterocycles. The lowest BCUT2D eigenvalue weighted by Crippen LogP contribution is -2.41. The summed E-state index contributed by atoms with van der Waals surface area (Å²) in [6.07, 6.45) is 1.77. The highest BCUT2D eigenvalue weighted by Gasteiger charge is 2.18. The fourth-order valence-electron chi connectivity index (χ4n) is 1.05. The normalized spacial score (nSPS) is 11.7. The third-order valence-electron chi connectivity index (χ3n) is 1.94. The van der Waals surface area contributed by atoms with Crippen LogP contribution in [0.15, 0.2) is 0 Å². The summed E-state index contributed by atoms with van der Waals surface area (Å²) in [6, 6.07) is -0.976. The van der Waals surface area contributed by atoms with Crippen LogP contribution < -0.4 is 5.32 Å². The molecule has 2 N–H and O–H groups in total. The third-order valence-corrected chi connectivity index (χ3v) is 2.95. The number of rotatable bonds is 9. The monoisotopic (exact) mass is 277 g/mol. The Bertz CT molecular complexity index is 295. The van der Waals surface area contributed by atoms with E-state index in [1.807, 2.05) is 6.92 Å². The molecule has 0 aromatic rings. The predicted octanol–water partition coefficient (Wildman–Crippen LogP) is 0.652. The van der Waals surface area contributed by atoms with E-state index in [0.717, 1.165) is 24.6 Å². The van der Waals surface area contributed by atoms with Crippen LogP contribution in [-0.4, -0.2) is 47.1 Å². The minimum Gasteiger partial charge on any atom is -0.480 e. The smallest absolute Gasteiger partial charge is 0.327 e. The van der Waals surface area contributed by atoms with Crippen molar-refractivity contribution in [2.45, 2.75) is 32.7 Å². The van der Waals surface area contributed by atoms with E-state index in [9.17, 15) is 14.4 Å². The van der Waals surface area contributed by atoms with Gasteiger partial charge < -0.3 is 15.2 Å². The topological polar surface area (TPSA) is 92.7 Å². The molecular weight excluding hydrogens is 258 g/mol. The number of thioether (sulfide) groups is 1. The summed E-state index contributed by atoms with van der Waals surface area (Å²) in [7, 11) is 0. The first-order valence-electron chi connectivity index (χ1n) is 5.70. The number of esters is 1. The molecule has 0 saturated carbocycles. The number of carbonyl (C=O) groups is 3. The summed E-state index contributed by atoms with van der Waals surface area (Å²) in [6.45, 7) is 3.64. The number of hydrogen-bond acceptors (Lipinski definition) is 5. The SMILES string of the molecule is CCCCOC(=O)CSC[C@H](NC(C)=O)C(=O)O. The van der Waals surface area contributed by atoms with Crippen molar-refractivity contribution in [3.05, 3.63) is 0 Å². The van der Waals surface area contributed by atoms with E-state index in [1.54, 1.807) is 0 Å². The molecule has 0 unspecified atom stereocenters. The van der Waals surface area contributed by atoms with Gasteiger partial charge in [-0.25, -0.2) is 4.79 Å². The second kappa shape index (κ2) is 9.76. The summed E-state index contributed by atoms with van der Waals surface area (Å²) in [5.74, 6) is -1.66. The quantitative estimate of drug-likeness (QED) is 0.475. The number of unbranched alkanes of at least 4 members (excludes halogenated alkanes) is 1. The fourth-order valence-corrected chi connectivity index (χ4v) is 1.88. The maximum atomic E-state index is 11.2. The second-order valence-electron chi connectivity index (χ2n) is 3.68. The zero-order valence-electron chi connectivity index (χ0n) is 10.6. The first-order chi connectivity index (χ1) is 8.47. The van der Waals surface area contributed by atoms with E-state index in [2.05, 4.69) is 5.32 Å². The fraction of sp³-hybridized carbons (Fsp3) is 0.727. The number of hydrogen-bond donors (Lipinski definition) is 2. The Kier molecular flexibility index (Phi) is 9.08. The van der Waals surface area contributed by atoms with Gasteiger partial charge >= 0.3 is 11.9 Å². The lowest BCUT2D eigenvalue weighted by Gasteiger charge is -2.12. The van der Waals surface area contributed by atoms with Gasteiger partial charge in [-0.1, -0.05) is 13.3 Å². The van der Waals surface area contributed by atoms with Gasteiger partial charge in [0.1, 0.15) is 6.04 Å². The molecule has 0 heterocycles. The molecule has 7 heteroatoms. The zero-order chi connectivity index (χ0) is 14.0. The Morgan fingerprint density at radius 1 is 1.39 bits per heavy atom. The van der Waals surface area contributed by atoms with Crippen LogP contribution in [0.2, 0.25) is 0 Å². The lowest BCUT2D eigenvalue weighted by atomic mass is 10.3. The average Bonchev–Trinajstić information content (AvgIpc) is 2.27. The molecule has 0 aliphatic rings. The maximum absolute atomic E-state index is 11.2. The molecule has 0 radical (unpaired) electrons. The largest absolute Gasteiger partial charge is 0.480 e. The number of ether oxygens (including phenoxy) is 1. The highest BCUT2D eigenvalue weighted by Crippen LogP contribution is 2.05. The number of nitrogens with one attached hydrogen (secondary N) is 1. The molecule has 0 spiro atoms. The summed E-state index contributed by atoms with van der Waals surface area (Å²) in [5.41, 5.74) is 0. The molecule has 104 valence electrons. The number of carboxylic acids is 1. The van der Waals surface area contributed by atoms with Crippen LogP contribution in [0.5, 0.6) is 0 Å². The summed E-state index contributed by atoms with van der Waals surface area (Å²) in [5, 5.41) is 11.1. The molecule has 0 rings (SSSR count). The minimum atomic E-state index is -1.11. The maximum Gasteiger partial charge on any atom is 0.327 e. The van der Waals surface area contributed by atoms with Crippen LogP contribution in [-0.2, 0) is 19.1 Å². The van der Waals surface area contributed by atoms with Crippen LogP contribution in [0.1, 0.15) is 26.7 Å². The van der Waals surface area contributed by atoms with Crippen LogP contribution in [0.3, 0.4) is 0 Å². The summed E-state index contributed by atoms with van der Waals surface area (Å²) >= 11 is 1.13. The standard InChI is InChI=1S/C11H19NO5S/c1-3-4-5-17-10(14)7-18-6-9(11(15)16)12-8(2)13/h9H,3-7H2,1-2H3,(H,12,13)(H,15,16)/t9-/m0/s1. The van der Waals surface area contributed by atoms with Gasteiger partial charge in [-0.05, 0) is 6.42 Å². The Morgan fingerprint density at radius 2 is 2.06 bits per heavy atom. The minimum absolute atomic E-state index is 0.0904. The van der Waals surface area contributed by atoms with Crippen LogP contribution in [0.25, 0.3) is 0 Å². The van der Waals surface area contributed by atoms with Gasteiger partial charge in [0.25, 0.3) is 0 Å². The van der Waals surface area contributed by atoms with Crippen molar-refractivity contribution in [3.63, 3.8) is 0 Å². The molecule has 0 fully saturated rings. The molecule has 1 amide bonds. The van der Waals surface area contributed by atoms with Gasteiger partial charge in [-0.15, -0.1) is 11.8 Å². The van der Waals surface area contributed by atoms with Crippen molar-refractivity contribution in [2.24, 2.45) is 0 Å². The van der Waals surface area contributed by atoms with Crippen molar-refractivity contribution in [3.8, 4) is 0 Å². The molecule has 0 aromatic carbocycles. The number of carbonyl (C=O) groups excluding carboxylic acids is 2. The average molecular weight is 277 g/mol. The first-order valence-corrected chi connectivity index (χ1v) is 6.86. The van der Waals surface area contributed by atoms with Gasteiger partial charge in [0, 0.05) is 12.7 Å². The van der Waals surface area contributed by atoms with Crippen molar-refractivity contribution in [1.82, 2.24) is 5.32 Å². The Labute approximate surface area is 110 Å². The molecule has 6 nitrogen and oxygen atoms in total. The highest BCUT2D eigenvalue weighted by molar-refractivity contribution is 8.00. The van der Waals surface area contributed by atoms with Crippen molar-refractivity contribution >= 4 is 29.6 Å². The van der Waals surface area contributed by atoms with E-state index < -0.39 is 17.9 Å². The van der Waals surface area contributed by atoms with E-state index in [4.69, 9.17) is 9.84 Å². The van der Waals surface area contributed by atoms with Gasteiger partial charge in [0.2, 0.25) is 5.91 Å². The van der Waals surface area contributed by atoms with Crippen LogP contribution in [0.4, 0.5) is 0 Å². The second-order valence-corrected chi connectivity index (χ2v) is 4.71. The third kappa shape index (κ3) is 8.86. The number of aliphatic carboxylic acids is 1. The van der Waals surface area contributed by atoms with E-state index in [1.165, 1.54) is 6.92 Å². The van der Waals surface area contributed by atoms with E-state index >= 15 is 0 Å². The highest BCUT2D eigenvalue weighted by atomic mass is 32.2. The molecule has 0 bridgehead atoms. The van der Waals surface area contributed by atoms with Gasteiger partial charge in [-0.3, -0.25) is 9.59 Å². The predicted molar refractivity (Wildman–Crippen MR) is 68.4 cm³/mol. The number of carboxylic acid groups (broad SMARTS) is 1. The number of amides is 1.